The number of pyridine rings is 1. The summed E-state index contributed by atoms with van der Waals surface area (Å²) in [5.41, 5.74) is -3.14. The van der Waals surface area contributed by atoms with Gasteiger partial charge < -0.3 is 15.4 Å². The van der Waals surface area contributed by atoms with Crippen LogP contribution in [0.4, 0.5) is 18.9 Å². The maximum atomic E-state index is 12.8. The number of allylic oxidation sites excluding steroid dienone is 1. The van der Waals surface area contributed by atoms with Crippen LogP contribution in [0.25, 0.3) is 11.6 Å². The molecule has 0 saturated carbocycles. The average molecular weight is 381 g/mol. The second-order valence-electron chi connectivity index (χ2n) is 5.34. The number of nitriles is 1. The number of hydrogen-bond donors (Lipinski definition) is 2. The first-order valence-corrected chi connectivity index (χ1v) is 7.10. The molecule has 0 atom stereocenters. The molecule has 1 aromatic carbocycles. The lowest BCUT2D eigenvalue weighted by Crippen LogP contribution is -2.40. The van der Waals surface area contributed by atoms with Crippen molar-refractivity contribution in [1.82, 2.24) is 0 Å². The largest absolute Gasteiger partial charge is 0.618 e. The molecule has 2 aromatic rings. The van der Waals surface area contributed by atoms with Gasteiger partial charge in [0.15, 0.2) is 11.4 Å². The number of aromatic hydroxyl groups is 2. The van der Waals surface area contributed by atoms with E-state index in [0.717, 1.165) is 31.2 Å². The van der Waals surface area contributed by atoms with Gasteiger partial charge in [-0.3, -0.25) is 10.1 Å². The van der Waals surface area contributed by atoms with Gasteiger partial charge in [-0.2, -0.15) is 23.2 Å². The smallest absolute Gasteiger partial charge is 0.478 e. The van der Waals surface area contributed by atoms with Gasteiger partial charge in [-0.15, -0.1) is 0 Å². The summed E-state index contributed by atoms with van der Waals surface area (Å²) < 4.78 is 37.9. The third kappa shape index (κ3) is 3.74. The standard InChI is InChI=1S/C16H10F3N3O5/c1-8-9(2-3-14(21(8)25)16(17,18)19)4-11(7-20)10-5-12(22(26)27)15(24)13(23)6-10/h2-6,23-24H,1H3/b11-4-. The van der Waals surface area contributed by atoms with E-state index < -0.39 is 34.0 Å². The second-order valence-corrected chi connectivity index (χ2v) is 5.34. The molecule has 8 nitrogen and oxygen atoms in total. The van der Waals surface area contributed by atoms with Crippen molar-refractivity contribution in [3.63, 3.8) is 0 Å². The molecule has 0 saturated heterocycles. The van der Waals surface area contributed by atoms with Gasteiger partial charge in [0.2, 0.25) is 5.75 Å². The molecular weight excluding hydrogens is 371 g/mol. The zero-order chi connectivity index (χ0) is 20.5. The summed E-state index contributed by atoms with van der Waals surface area (Å²) in [6.45, 7) is 1.11. The Labute approximate surface area is 149 Å². The van der Waals surface area contributed by atoms with Crippen LogP contribution in [0.5, 0.6) is 11.5 Å². The highest BCUT2D eigenvalue weighted by Crippen LogP contribution is 2.38. The van der Waals surface area contributed by atoms with Crippen molar-refractivity contribution in [2.75, 3.05) is 0 Å². The van der Waals surface area contributed by atoms with Crippen LogP contribution >= 0.6 is 0 Å². The Morgan fingerprint density at radius 2 is 1.96 bits per heavy atom. The molecule has 0 amide bonds. The molecule has 2 rings (SSSR count). The van der Waals surface area contributed by atoms with Crippen LogP contribution in [-0.2, 0) is 6.18 Å². The first kappa shape index (κ1) is 19.5. The minimum atomic E-state index is -4.86. The molecule has 1 heterocycles. The minimum absolute atomic E-state index is 0.0373. The molecule has 11 heteroatoms. The van der Waals surface area contributed by atoms with E-state index in [0.29, 0.717) is 6.07 Å². The van der Waals surface area contributed by atoms with Gasteiger partial charge in [-0.25, -0.2) is 0 Å². The van der Waals surface area contributed by atoms with Gasteiger partial charge in [0, 0.05) is 30.2 Å². The lowest BCUT2D eigenvalue weighted by molar-refractivity contribution is -0.635. The highest BCUT2D eigenvalue weighted by molar-refractivity contribution is 5.91. The van der Waals surface area contributed by atoms with Crippen molar-refractivity contribution in [1.29, 1.82) is 5.26 Å². The van der Waals surface area contributed by atoms with Gasteiger partial charge in [-0.05, 0) is 18.2 Å². The lowest BCUT2D eigenvalue weighted by Gasteiger charge is -2.11. The molecule has 0 spiro atoms. The second kappa shape index (κ2) is 6.83. The minimum Gasteiger partial charge on any atom is -0.618 e. The topological polar surface area (TPSA) is 134 Å². The van der Waals surface area contributed by atoms with E-state index in [1.165, 1.54) is 0 Å². The van der Waals surface area contributed by atoms with Gasteiger partial charge in [-0.1, -0.05) is 0 Å². The van der Waals surface area contributed by atoms with Gasteiger partial charge >= 0.3 is 11.9 Å². The normalized spacial score (nSPS) is 11.9. The first-order chi connectivity index (χ1) is 12.5. The summed E-state index contributed by atoms with van der Waals surface area (Å²) >= 11 is 0. The van der Waals surface area contributed by atoms with Crippen molar-refractivity contribution in [2.24, 2.45) is 0 Å². The van der Waals surface area contributed by atoms with Crippen LogP contribution < -0.4 is 4.73 Å². The van der Waals surface area contributed by atoms with Gasteiger partial charge in [0.05, 0.1) is 16.6 Å². The molecule has 0 aliphatic rings. The zero-order valence-electron chi connectivity index (χ0n) is 13.5. The number of nitrogens with zero attached hydrogens (tertiary/aromatic N) is 3. The van der Waals surface area contributed by atoms with Crippen molar-refractivity contribution < 1.29 is 33.0 Å². The van der Waals surface area contributed by atoms with Crippen molar-refractivity contribution >= 4 is 17.3 Å². The Morgan fingerprint density at radius 3 is 2.48 bits per heavy atom. The Bertz CT molecular complexity index is 1010. The third-order valence-electron chi connectivity index (χ3n) is 3.65. The SMILES string of the molecule is Cc1c(/C=C(/C#N)c2cc(O)c(O)c([N+](=O)[O-])c2)ccc(C(F)(F)F)[n+]1[O-]. The summed E-state index contributed by atoms with van der Waals surface area (Å²) in [4.78, 5) is 9.92. The summed E-state index contributed by atoms with van der Waals surface area (Å²) in [6.07, 6.45) is -3.82. The number of benzene rings is 1. The quantitative estimate of drug-likeness (QED) is 0.210. The number of aromatic nitrogens is 1. The molecule has 0 unspecified atom stereocenters. The first-order valence-electron chi connectivity index (χ1n) is 7.10. The average Bonchev–Trinajstić information content (AvgIpc) is 2.57. The monoisotopic (exact) mass is 381 g/mol. The van der Waals surface area contributed by atoms with E-state index in [1.54, 1.807) is 6.07 Å². The molecule has 2 N–H and O–H groups in total. The highest BCUT2D eigenvalue weighted by Gasteiger charge is 2.40. The van der Waals surface area contributed by atoms with E-state index in [9.17, 15) is 44.0 Å². The molecule has 1 aromatic heterocycles. The Morgan fingerprint density at radius 1 is 1.33 bits per heavy atom. The van der Waals surface area contributed by atoms with E-state index in [-0.39, 0.29) is 27.1 Å². The number of nitro groups is 1. The van der Waals surface area contributed by atoms with Crippen molar-refractivity contribution in [3.8, 4) is 17.6 Å². The number of nitro benzene ring substituents is 1. The predicted molar refractivity (Wildman–Crippen MR) is 85.1 cm³/mol. The van der Waals surface area contributed by atoms with Gasteiger partial charge in [0.1, 0.15) is 0 Å². The fourth-order valence-corrected chi connectivity index (χ4v) is 2.25. The van der Waals surface area contributed by atoms with Crippen LogP contribution in [-0.4, -0.2) is 15.1 Å². The van der Waals surface area contributed by atoms with Crippen molar-refractivity contribution in [2.45, 2.75) is 13.1 Å². The van der Waals surface area contributed by atoms with E-state index in [1.807, 2.05) is 0 Å². The summed E-state index contributed by atoms with van der Waals surface area (Å²) in [5.74, 6) is -1.85. The third-order valence-corrected chi connectivity index (χ3v) is 3.65. The fraction of sp³-hybridized carbons (Fsp3) is 0.125. The molecule has 27 heavy (non-hydrogen) atoms. The fourth-order valence-electron chi connectivity index (χ4n) is 2.25. The summed E-state index contributed by atoms with van der Waals surface area (Å²) in [7, 11) is 0. The van der Waals surface area contributed by atoms with Gasteiger partial charge in [0.25, 0.3) is 5.69 Å². The van der Waals surface area contributed by atoms with Crippen LogP contribution in [0.15, 0.2) is 24.3 Å². The van der Waals surface area contributed by atoms with Crippen LogP contribution in [0.2, 0.25) is 0 Å². The highest BCUT2D eigenvalue weighted by atomic mass is 19.4. The predicted octanol–water partition coefficient (Wildman–Crippen LogP) is 3.03. The maximum Gasteiger partial charge on any atom is 0.478 e. The Hall–Kier alpha value is -3.81. The molecule has 140 valence electrons. The number of hydrogen-bond acceptors (Lipinski definition) is 6. The van der Waals surface area contributed by atoms with Crippen LogP contribution in [0.1, 0.15) is 22.5 Å². The molecular formula is C16H10F3N3O5. The Balaban J connectivity index is 2.64. The molecule has 0 fully saturated rings. The molecule has 0 aliphatic heterocycles. The maximum absolute atomic E-state index is 12.8. The number of phenols is 2. The van der Waals surface area contributed by atoms with Crippen LogP contribution in [0, 0.1) is 33.6 Å². The number of alkyl halides is 3. The molecule has 0 aliphatic carbocycles. The summed E-state index contributed by atoms with van der Waals surface area (Å²) in [6, 6.07) is 4.88. The van der Waals surface area contributed by atoms with E-state index in [2.05, 4.69) is 0 Å². The molecule has 0 bridgehead atoms. The van der Waals surface area contributed by atoms with E-state index in [4.69, 9.17) is 0 Å². The number of halogens is 3. The Kier molecular flexibility index (Phi) is 4.94. The van der Waals surface area contributed by atoms with Crippen LogP contribution in [0.3, 0.4) is 0 Å². The number of phenolic OH excluding ortho intramolecular Hbond substituents is 2. The molecule has 0 radical (unpaired) electrons. The van der Waals surface area contributed by atoms with Crippen molar-refractivity contribution in [3.05, 3.63) is 62.1 Å². The van der Waals surface area contributed by atoms with E-state index >= 15 is 0 Å². The summed E-state index contributed by atoms with van der Waals surface area (Å²) in [5, 5.41) is 51.1. The zero-order valence-corrected chi connectivity index (χ0v) is 13.5. The number of rotatable bonds is 3. The lowest BCUT2D eigenvalue weighted by atomic mass is 10.0.